The van der Waals surface area contributed by atoms with Gasteiger partial charge in [0.1, 0.15) is 5.75 Å². The largest absolute Gasteiger partial charge is 0.377 e. The molecular weight excluding hydrogens is 272 g/mol. The van der Waals surface area contributed by atoms with Crippen LogP contribution in [0.2, 0.25) is 0 Å². The van der Waals surface area contributed by atoms with E-state index in [-0.39, 0.29) is 17.6 Å². The van der Waals surface area contributed by atoms with E-state index < -0.39 is 15.6 Å². The van der Waals surface area contributed by atoms with Crippen molar-refractivity contribution >= 4 is 27.0 Å². The van der Waals surface area contributed by atoms with Crippen LogP contribution in [0.4, 0.5) is 0 Å². The van der Waals surface area contributed by atoms with Crippen molar-refractivity contribution in [2.24, 2.45) is 0 Å². The van der Waals surface area contributed by atoms with Crippen molar-refractivity contribution < 1.29 is 17.9 Å². The molecule has 18 heavy (non-hydrogen) atoms. The number of thiophene rings is 1. The second-order valence-electron chi connectivity index (χ2n) is 4.52. The molecule has 1 fully saturated rings. The monoisotopic (exact) mass is 288 g/mol. The summed E-state index contributed by atoms with van der Waals surface area (Å²) in [6.45, 7) is 2.51. The molecule has 0 radical (unpaired) electrons. The molecule has 1 atom stereocenters. The van der Waals surface area contributed by atoms with Crippen LogP contribution in [-0.4, -0.2) is 38.4 Å². The molecule has 6 heteroatoms. The summed E-state index contributed by atoms with van der Waals surface area (Å²) in [5, 5.41) is 0. The summed E-state index contributed by atoms with van der Waals surface area (Å²) in [6, 6.07) is 3.51. The Labute approximate surface area is 111 Å². The Morgan fingerprint density at radius 3 is 2.83 bits per heavy atom. The molecule has 1 saturated heterocycles. The number of ether oxygens (including phenoxy) is 1. The van der Waals surface area contributed by atoms with Crippen LogP contribution in [0, 0.1) is 6.92 Å². The molecule has 0 N–H and O–H groups in total. The van der Waals surface area contributed by atoms with Gasteiger partial charge in [-0.25, -0.2) is 8.42 Å². The van der Waals surface area contributed by atoms with Gasteiger partial charge in [0.15, 0.2) is 15.6 Å². The van der Waals surface area contributed by atoms with E-state index in [9.17, 15) is 13.2 Å². The van der Waals surface area contributed by atoms with Gasteiger partial charge in [-0.1, -0.05) is 0 Å². The molecule has 1 aliphatic rings. The van der Waals surface area contributed by atoms with E-state index in [1.807, 2.05) is 13.0 Å². The van der Waals surface area contributed by atoms with Crippen molar-refractivity contribution in [2.45, 2.75) is 25.9 Å². The van der Waals surface area contributed by atoms with Crippen molar-refractivity contribution in [3.63, 3.8) is 0 Å². The van der Waals surface area contributed by atoms with Crippen molar-refractivity contribution in [1.82, 2.24) is 0 Å². The zero-order chi connectivity index (χ0) is 13.2. The SMILES string of the molecule is Cc1ccc(C(=O)CS(=O)(=O)CC2CCCO2)s1. The minimum absolute atomic E-state index is 0.0386. The van der Waals surface area contributed by atoms with Crippen LogP contribution in [0.3, 0.4) is 0 Å². The fraction of sp³-hybridized carbons (Fsp3) is 0.583. The van der Waals surface area contributed by atoms with E-state index in [0.717, 1.165) is 17.7 Å². The summed E-state index contributed by atoms with van der Waals surface area (Å²) in [5.74, 6) is -0.762. The number of carbonyl (C=O) groups excluding carboxylic acids is 1. The summed E-state index contributed by atoms with van der Waals surface area (Å²) in [5.41, 5.74) is 0. The van der Waals surface area contributed by atoms with Crippen LogP contribution in [0.15, 0.2) is 12.1 Å². The van der Waals surface area contributed by atoms with Gasteiger partial charge < -0.3 is 4.74 Å². The molecule has 1 aromatic rings. The Balaban J connectivity index is 1.97. The molecule has 0 amide bonds. The van der Waals surface area contributed by atoms with Gasteiger partial charge in [0, 0.05) is 11.5 Å². The number of Topliss-reactive ketones (excluding diaryl/α,β-unsaturated/α-hetero) is 1. The highest BCUT2D eigenvalue weighted by Crippen LogP contribution is 2.18. The number of ketones is 1. The number of aryl methyl sites for hydroxylation is 1. The van der Waals surface area contributed by atoms with Crippen LogP contribution in [0.1, 0.15) is 27.4 Å². The fourth-order valence-corrected chi connectivity index (χ4v) is 4.37. The molecular formula is C12H16O4S2. The summed E-state index contributed by atoms with van der Waals surface area (Å²) >= 11 is 1.33. The van der Waals surface area contributed by atoms with Crippen molar-refractivity contribution in [3.8, 4) is 0 Å². The molecule has 0 bridgehead atoms. The number of hydrogen-bond acceptors (Lipinski definition) is 5. The quantitative estimate of drug-likeness (QED) is 0.776. The van der Waals surface area contributed by atoms with E-state index in [1.165, 1.54) is 11.3 Å². The second-order valence-corrected chi connectivity index (χ2v) is 7.92. The maximum absolute atomic E-state index is 11.9. The highest BCUT2D eigenvalue weighted by Gasteiger charge is 2.26. The molecule has 100 valence electrons. The number of carbonyl (C=O) groups is 1. The zero-order valence-electron chi connectivity index (χ0n) is 10.2. The predicted octanol–water partition coefficient (Wildman–Crippen LogP) is 1.83. The number of sulfone groups is 1. The van der Waals surface area contributed by atoms with Gasteiger partial charge in [-0.3, -0.25) is 4.79 Å². The first-order valence-electron chi connectivity index (χ1n) is 5.88. The van der Waals surface area contributed by atoms with E-state index in [1.54, 1.807) is 6.07 Å². The molecule has 0 aromatic carbocycles. The van der Waals surface area contributed by atoms with Gasteiger partial charge in [-0.05, 0) is 31.9 Å². The maximum atomic E-state index is 11.9. The maximum Gasteiger partial charge on any atom is 0.187 e. The van der Waals surface area contributed by atoms with Crippen molar-refractivity contribution in [2.75, 3.05) is 18.1 Å². The third-order valence-electron chi connectivity index (χ3n) is 2.83. The standard InChI is InChI=1S/C12H16O4S2/c1-9-4-5-12(17-9)11(13)8-18(14,15)7-10-3-2-6-16-10/h4-5,10H,2-3,6-8H2,1H3. The molecule has 4 nitrogen and oxygen atoms in total. The summed E-state index contributed by atoms with van der Waals surface area (Å²) in [6.07, 6.45) is 1.44. The van der Waals surface area contributed by atoms with Gasteiger partial charge in [0.05, 0.1) is 16.7 Å². The molecule has 0 spiro atoms. The molecule has 0 saturated carbocycles. The smallest absolute Gasteiger partial charge is 0.187 e. The minimum Gasteiger partial charge on any atom is -0.377 e. The molecule has 2 rings (SSSR count). The third-order valence-corrected chi connectivity index (χ3v) is 5.45. The van der Waals surface area contributed by atoms with Crippen LogP contribution in [-0.2, 0) is 14.6 Å². The van der Waals surface area contributed by atoms with Crippen molar-refractivity contribution in [3.05, 3.63) is 21.9 Å². The molecule has 2 heterocycles. The zero-order valence-corrected chi connectivity index (χ0v) is 11.9. The summed E-state index contributed by atoms with van der Waals surface area (Å²) in [4.78, 5) is 13.4. The first-order chi connectivity index (χ1) is 8.46. The highest BCUT2D eigenvalue weighted by atomic mass is 32.2. The highest BCUT2D eigenvalue weighted by molar-refractivity contribution is 7.92. The Kier molecular flexibility index (Phi) is 4.19. The van der Waals surface area contributed by atoms with Gasteiger partial charge >= 0.3 is 0 Å². The fourth-order valence-electron chi connectivity index (χ4n) is 1.97. The first kappa shape index (κ1) is 13.7. The lowest BCUT2D eigenvalue weighted by molar-refractivity contribution is 0.102. The van der Waals surface area contributed by atoms with Crippen LogP contribution in [0.5, 0.6) is 0 Å². The lowest BCUT2D eigenvalue weighted by Crippen LogP contribution is -2.25. The molecule has 0 aliphatic carbocycles. The Bertz CT molecular complexity index is 524. The average Bonchev–Trinajstić information content (AvgIpc) is 2.87. The number of hydrogen-bond donors (Lipinski definition) is 0. The Hall–Kier alpha value is -0.720. The van der Waals surface area contributed by atoms with Gasteiger partial charge in [-0.15, -0.1) is 11.3 Å². The van der Waals surface area contributed by atoms with Crippen LogP contribution < -0.4 is 0 Å². The topological polar surface area (TPSA) is 60.4 Å². The normalized spacial score (nSPS) is 20.2. The predicted molar refractivity (Wildman–Crippen MR) is 71.0 cm³/mol. The van der Waals surface area contributed by atoms with Crippen molar-refractivity contribution in [1.29, 1.82) is 0 Å². The Morgan fingerprint density at radius 2 is 2.28 bits per heavy atom. The molecule has 1 aliphatic heterocycles. The van der Waals surface area contributed by atoms with Gasteiger partial charge in [-0.2, -0.15) is 0 Å². The first-order valence-corrected chi connectivity index (χ1v) is 8.52. The van der Waals surface area contributed by atoms with Gasteiger partial charge in [0.25, 0.3) is 0 Å². The minimum atomic E-state index is -3.37. The lowest BCUT2D eigenvalue weighted by Gasteiger charge is -2.09. The molecule has 1 aromatic heterocycles. The van der Waals surface area contributed by atoms with E-state index in [2.05, 4.69) is 0 Å². The van der Waals surface area contributed by atoms with Crippen LogP contribution in [0.25, 0.3) is 0 Å². The summed E-state index contributed by atoms with van der Waals surface area (Å²) in [7, 11) is -3.37. The van der Waals surface area contributed by atoms with Crippen LogP contribution >= 0.6 is 11.3 Å². The third kappa shape index (κ3) is 3.63. The average molecular weight is 288 g/mol. The van der Waals surface area contributed by atoms with E-state index in [0.29, 0.717) is 11.5 Å². The number of rotatable bonds is 5. The van der Waals surface area contributed by atoms with E-state index in [4.69, 9.17) is 4.74 Å². The Morgan fingerprint density at radius 1 is 1.50 bits per heavy atom. The summed E-state index contributed by atoms with van der Waals surface area (Å²) < 4.78 is 29.1. The molecule has 1 unspecified atom stereocenters. The second kappa shape index (κ2) is 5.50. The van der Waals surface area contributed by atoms with Gasteiger partial charge in [0.2, 0.25) is 0 Å². The lowest BCUT2D eigenvalue weighted by atomic mass is 10.3. The van der Waals surface area contributed by atoms with E-state index >= 15 is 0 Å².